The molecule has 1 aliphatic rings. The molecule has 2 rings (SSSR count). The van der Waals surface area contributed by atoms with Crippen molar-refractivity contribution in [2.24, 2.45) is 11.8 Å². The number of rotatable bonds is 5. The molecule has 1 heteroatoms. The first-order chi connectivity index (χ1) is 7.88. The second kappa shape index (κ2) is 6.03. The van der Waals surface area contributed by atoms with Gasteiger partial charge in [-0.05, 0) is 36.3 Å². The second-order valence-electron chi connectivity index (χ2n) is 5.23. The third-order valence-corrected chi connectivity index (χ3v) is 3.97. The van der Waals surface area contributed by atoms with Gasteiger partial charge in [0, 0.05) is 12.4 Å². The molecule has 88 valence electrons. The largest absolute Gasteiger partial charge is 0.264 e. The first-order valence-corrected chi connectivity index (χ1v) is 6.77. The molecule has 0 aliphatic heterocycles. The Morgan fingerprint density at radius 2 is 2.19 bits per heavy atom. The quantitative estimate of drug-likeness (QED) is 0.719. The van der Waals surface area contributed by atoms with Gasteiger partial charge in [-0.25, -0.2) is 0 Å². The third kappa shape index (κ3) is 3.33. The van der Waals surface area contributed by atoms with Crippen LogP contribution in [-0.4, -0.2) is 4.98 Å². The predicted octanol–water partition coefficient (Wildman–Crippen LogP) is 4.23. The summed E-state index contributed by atoms with van der Waals surface area (Å²) in [5.74, 6) is 1.88. The van der Waals surface area contributed by atoms with E-state index in [4.69, 9.17) is 0 Å². The normalized spacial score (nSPS) is 18.8. The average molecular weight is 217 g/mol. The predicted molar refractivity (Wildman–Crippen MR) is 68.3 cm³/mol. The topological polar surface area (TPSA) is 12.9 Å². The Hall–Kier alpha value is -0.850. The van der Waals surface area contributed by atoms with Crippen LogP contribution in [0.4, 0.5) is 0 Å². The number of hydrogen-bond donors (Lipinski definition) is 0. The van der Waals surface area contributed by atoms with Gasteiger partial charge in [-0.15, -0.1) is 0 Å². The highest BCUT2D eigenvalue weighted by molar-refractivity contribution is 5.09. The van der Waals surface area contributed by atoms with E-state index < -0.39 is 0 Å². The van der Waals surface area contributed by atoms with E-state index in [9.17, 15) is 0 Å². The maximum absolute atomic E-state index is 4.20. The Morgan fingerprint density at radius 3 is 2.81 bits per heavy atom. The van der Waals surface area contributed by atoms with Crippen LogP contribution >= 0.6 is 0 Å². The van der Waals surface area contributed by atoms with Gasteiger partial charge < -0.3 is 0 Å². The van der Waals surface area contributed by atoms with Crippen molar-refractivity contribution in [3.05, 3.63) is 30.1 Å². The highest BCUT2D eigenvalue weighted by atomic mass is 14.6. The summed E-state index contributed by atoms with van der Waals surface area (Å²) in [6.45, 7) is 2.33. The van der Waals surface area contributed by atoms with Crippen LogP contribution in [0.15, 0.2) is 24.5 Å². The van der Waals surface area contributed by atoms with E-state index in [2.05, 4.69) is 24.0 Å². The number of nitrogens with zero attached hydrogens (tertiary/aromatic N) is 1. The van der Waals surface area contributed by atoms with Gasteiger partial charge in [0.1, 0.15) is 0 Å². The van der Waals surface area contributed by atoms with Crippen LogP contribution in [0.1, 0.15) is 51.0 Å². The van der Waals surface area contributed by atoms with E-state index in [0.717, 1.165) is 11.8 Å². The van der Waals surface area contributed by atoms with Crippen molar-refractivity contribution in [1.29, 1.82) is 0 Å². The molecule has 1 saturated carbocycles. The summed E-state index contributed by atoms with van der Waals surface area (Å²) in [6, 6.07) is 4.27. The van der Waals surface area contributed by atoms with Crippen LogP contribution in [0, 0.1) is 11.8 Å². The molecule has 1 aromatic rings. The molecule has 0 bridgehead atoms. The van der Waals surface area contributed by atoms with Crippen molar-refractivity contribution in [2.75, 3.05) is 0 Å². The van der Waals surface area contributed by atoms with Crippen molar-refractivity contribution in [3.8, 4) is 0 Å². The Bertz CT molecular complexity index is 288. The minimum absolute atomic E-state index is 0.868. The lowest BCUT2D eigenvalue weighted by atomic mass is 9.87. The van der Waals surface area contributed by atoms with Gasteiger partial charge in [-0.1, -0.05) is 45.1 Å². The molecular formula is C15H23N. The minimum Gasteiger partial charge on any atom is -0.264 e. The molecule has 0 N–H and O–H groups in total. The summed E-state index contributed by atoms with van der Waals surface area (Å²) in [5, 5.41) is 0. The van der Waals surface area contributed by atoms with Gasteiger partial charge >= 0.3 is 0 Å². The van der Waals surface area contributed by atoms with Gasteiger partial charge in [-0.3, -0.25) is 4.98 Å². The van der Waals surface area contributed by atoms with Gasteiger partial charge in [0.2, 0.25) is 0 Å². The van der Waals surface area contributed by atoms with Crippen molar-refractivity contribution in [2.45, 2.75) is 51.9 Å². The summed E-state index contributed by atoms with van der Waals surface area (Å²) in [6.07, 6.45) is 13.7. The number of hydrogen-bond acceptors (Lipinski definition) is 1. The third-order valence-electron chi connectivity index (χ3n) is 3.97. The lowest BCUT2D eigenvalue weighted by molar-refractivity contribution is 0.364. The van der Waals surface area contributed by atoms with E-state index in [1.54, 1.807) is 0 Å². The van der Waals surface area contributed by atoms with Crippen molar-refractivity contribution >= 4 is 0 Å². The molecule has 0 radical (unpaired) electrons. The maximum atomic E-state index is 4.20. The summed E-state index contributed by atoms with van der Waals surface area (Å²) in [5.41, 5.74) is 1.41. The van der Waals surface area contributed by atoms with Crippen LogP contribution in [-0.2, 0) is 6.42 Å². The zero-order valence-electron chi connectivity index (χ0n) is 10.4. The molecule has 0 aromatic carbocycles. The van der Waals surface area contributed by atoms with Gasteiger partial charge in [0.05, 0.1) is 0 Å². The van der Waals surface area contributed by atoms with E-state index in [1.807, 2.05) is 12.4 Å². The standard InChI is InChI=1S/C15H23N/c1-2-13(10-14-6-3-4-7-14)11-15-8-5-9-16-12-15/h5,8-9,12-14H,2-4,6-7,10-11H2,1H3. The van der Waals surface area contributed by atoms with Crippen LogP contribution in [0.3, 0.4) is 0 Å². The smallest absolute Gasteiger partial charge is 0.0299 e. The number of aromatic nitrogens is 1. The molecule has 0 amide bonds. The Morgan fingerprint density at radius 1 is 1.38 bits per heavy atom. The summed E-state index contributed by atoms with van der Waals surface area (Å²) < 4.78 is 0. The molecule has 1 atom stereocenters. The molecule has 1 fully saturated rings. The van der Waals surface area contributed by atoms with E-state index in [0.29, 0.717) is 0 Å². The zero-order valence-corrected chi connectivity index (χ0v) is 10.4. The SMILES string of the molecule is CCC(Cc1cccnc1)CC1CCCC1. The van der Waals surface area contributed by atoms with Crippen LogP contribution in [0.5, 0.6) is 0 Å². The summed E-state index contributed by atoms with van der Waals surface area (Å²) in [4.78, 5) is 4.20. The van der Waals surface area contributed by atoms with E-state index in [-0.39, 0.29) is 0 Å². The molecule has 1 aromatic heterocycles. The van der Waals surface area contributed by atoms with Crippen molar-refractivity contribution in [1.82, 2.24) is 4.98 Å². The van der Waals surface area contributed by atoms with Crippen LogP contribution in [0.25, 0.3) is 0 Å². The maximum Gasteiger partial charge on any atom is 0.0299 e. The molecule has 1 aliphatic carbocycles. The lowest BCUT2D eigenvalue weighted by Gasteiger charge is -2.18. The van der Waals surface area contributed by atoms with Crippen molar-refractivity contribution in [3.63, 3.8) is 0 Å². The zero-order chi connectivity index (χ0) is 11.2. The molecule has 0 saturated heterocycles. The lowest BCUT2D eigenvalue weighted by Crippen LogP contribution is -2.09. The van der Waals surface area contributed by atoms with Gasteiger partial charge in [0.25, 0.3) is 0 Å². The highest BCUT2D eigenvalue weighted by Crippen LogP contribution is 2.32. The minimum atomic E-state index is 0.868. The Kier molecular flexibility index (Phi) is 4.38. The molecule has 1 unspecified atom stereocenters. The molecule has 1 nitrogen and oxygen atoms in total. The fourth-order valence-corrected chi connectivity index (χ4v) is 2.96. The first-order valence-electron chi connectivity index (χ1n) is 6.77. The fraction of sp³-hybridized carbons (Fsp3) is 0.667. The molecular weight excluding hydrogens is 194 g/mol. The van der Waals surface area contributed by atoms with Crippen LogP contribution in [0.2, 0.25) is 0 Å². The van der Waals surface area contributed by atoms with Gasteiger partial charge in [-0.2, -0.15) is 0 Å². The molecule has 1 heterocycles. The summed E-state index contributed by atoms with van der Waals surface area (Å²) in [7, 11) is 0. The number of pyridine rings is 1. The van der Waals surface area contributed by atoms with E-state index >= 15 is 0 Å². The van der Waals surface area contributed by atoms with Crippen LogP contribution < -0.4 is 0 Å². The molecule has 16 heavy (non-hydrogen) atoms. The monoisotopic (exact) mass is 217 g/mol. The van der Waals surface area contributed by atoms with Crippen molar-refractivity contribution < 1.29 is 0 Å². The second-order valence-corrected chi connectivity index (χ2v) is 5.23. The van der Waals surface area contributed by atoms with E-state index in [1.165, 1.54) is 50.5 Å². The highest BCUT2D eigenvalue weighted by Gasteiger charge is 2.19. The average Bonchev–Trinajstić information content (AvgIpc) is 2.82. The Balaban J connectivity index is 1.85. The first kappa shape index (κ1) is 11.6. The fourth-order valence-electron chi connectivity index (χ4n) is 2.96. The summed E-state index contributed by atoms with van der Waals surface area (Å²) >= 11 is 0. The van der Waals surface area contributed by atoms with Gasteiger partial charge in [0.15, 0.2) is 0 Å². The Labute approximate surface area is 99.3 Å². The molecule has 0 spiro atoms.